The third-order valence-corrected chi connectivity index (χ3v) is 2.33. The van der Waals surface area contributed by atoms with Crippen molar-refractivity contribution in [1.29, 1.82) is 0 Å². The molecule has 2 aromatic heterocycles. The fraction of sp³-hybridized carbons (Fsp3) is 0.273. The second-order valence-corrected chi connectivity index (χ2v) is 3.81. The van der Waals surface area contributed by atoms with Crippen LogP contribution in [0.1, 0.15) is 18.2 Å². The van der Waals surface area contributed by atoms with Gasteiger partial charge in [-0.15, -0.1) is 0 Å². The second-order valence-electron chi connectivity index (χ2n) is 3.81. The predicted molar refractivity (Wildman–Crippen MR) is 63.4 cm³/mol. The van der Waals surface area contributed by atoms with Crippen molar-refractivity contribution in [2.45, 2.75) is 20.0 Å². The van der Waals surface area contributed by atoms with E-state index in [0.717, 1.165) is 11.3 Å². The van der Waals surface area contributed by atoms with Gasteiger partial charge < -0.3 is 10.6 Å². The Morgan fingerprint density at radius 2 is 2.33 bits per heavy atom. The van der Waals surface area contributed by atoms with Gasteiger partial charge in [-0.1, -0.05) is 0 Å². The van der Waals surface area contributed by atoms with E-state index in [1.54, 1.807) is 16.9 Å². The molecule has 2 amide bonds. The second kappa shape index (κ2) is 5.26. The van der Waals surface area contributed by atoms with Crippen molar-refractivity contribution in [3.8, 4) is 0 Å². The highest BCUT2D eigenvalue weighted by atomic mass is 16.1. The van der Waals surface area contributed by atoms with Gasteiger partial charge in [0.15, 0.2) is 5.65 Å². The SMILES string of the molecule is CC(=O)NCc1cnn2cc(CNC=O)nc2c1. The molecule has 0 spiro atoms. The van der Waals surface area contributed by atoms with Crippen LogP contribution >= 0.6 is 0 Å². The largest absolute Gasteiger partial charge is 0.353 e. The number of hydrogen-bond donors (Lipinski definition) is 2. The molecule has 0 fully saturated rings. The predicted octanol–water partition coefficient (Wildman–Crippen LogP) is -0.389. The normalized spacial score (nSPS) is 10.3. The molecule has 0 radical (unpaired) electrons. The van der Waals surface area contributed by atoms with Gasteiger partial charge >= 0.3 is 0 Å². The van der Waals surface area contributed by atoms with Gasteiger partial charge in [0.2, 0.25) is 12.3 Å². The molecule has 94 valence electrons. The minimum atomic E-state index is -0.0888. The van der Waals surface area contributed by atoms with Crippen LogP contribution in [0, 0.1) is 0 Å². The minimum absolute atomic E-state index is 0.0888. The molecular formula is C11H13N5O2. The maximum Gasteiger partial charge on any atom is 0.217 e. The lowest BCUT2D eigenvalue weighted by Crippen LogP contribution is -2.19. The molecule has 2 heterocycles. The Labute approximate surface area is 103 Å². The van der Waals surface area contributed by atoms with Crippen LogP contribution in [0.4, 0.5) is 0 Å². The summed E-state index contributed by atoms with van der Waals surface area (Å²) >= 11 is 0. The topological polar surface area (TPSA) is 88.4 Å². The lowest BCUT2D eigenvalue weighted by molar-refractivity contribution is -0.119. The Kier molecular flexibility index (Phi) is 3.52. The Morgan fingerprint density at radius 3 is 3.06 bits per heavy atom. The minimum Gasteiger partial charge on any atom is -0.353 e. The van der Waals surface area contributed by atoms with E-state index < -0.39 is 0 Å². The summed E-state index contributed by atoms with van der Waals surface area (Å²) in [7, 11) is 0. The van der Waals surface area contributed by atoms with E-state index >= 15 is 0 Å². The molecule has 0 unspecified atom stereocenters. The van der Waals surface area contributed by atoms with E-state index in [4.69, 9.17) is 0 Å². The average molecular weight is 247 g/mol. The number of fused-ring (bicyclic) bond motifs is 1. The standard InChI is InChI=1S/C11H13N5O2/c1-8(18)13-3-9-2-11-15-10(5-12-7-17)6-16(11)14-4-9/h2,4,6-7H,3,5H2,1H3,(H,12,17)(H,13,18). The summed E-state index contributed by atoms with van der Waals surface area (Å²) in [5.74, 6) is -0.0888. The summed E-state index contributed by atoms with van der Waals surface area (Å²) in [5.41, 5.74) is 2.28. The van der Waals surface area contributed by atoms with E-state index in [2.05, 4.69) is 20.7 Å². The van der Waals surface area contributed by atoms with Crippen molar-refractivity contribution in [2.75, 3.05) is 0 Å². The van der Waals surface area contributed by atoms with E-state index in [1.807, 2.05) is 6.07 Å². The Balaban J connectivity index is 2.16. The Morgan fingerprint density at radius 1 is 1.50 bits per heavy atom. The summed E-state index contributed by atoms with van der Waals surface area (Å²) < 4.78 is 1.62. The molecule has 7 heteroatoms. The highest BCUT2D eigenvalue weighted by Gasteiger charge is 2.03. The number of amides is 2. The number of aromatic nitrogens is 3. The van der Waals surface area contributed by atoms with Crippen molar-refractivity contribution in [2.24, 2.45) is 0 Å². The zero-order chi connectivity index (χ0) is 13.0. The van der Waals surface area contributed by atoms with Crippen LogP contribution in [0.3, 0.4) is 0 Å². The van der Waals surface area contributed by atoms with Gasteiger partial charge in [0.05, 0.1) is 24.6 Å². The molecule has 0 aliphatic rings. The molecule has 0 aliphatic heterocycles. The van der Waals surface area contributed by atoms with Crippen LogP contribution in [-0.2, 0) is 22.7 Å². The zero-order valence-corrected chi connectivity index (χ0v) is 9.88. The number of rotatable bonds is 5. The molecule has 18 heavy (non-hydrogen) atoms. The van der Waals surface area contributed by atoms with E-state index in [-0.39, 0.29) is 5.91 Å². The van der Waals surface area contributed by atoms with Crippen molar-refractivity contribution in [3.05, 3.63) is 29.7 Å². The monoisotopic (exact) mass is 247 g/mol. The Bertz CT molecular complexity index is 578. The zero-order valence-electron chi connectivity index (χ0n) is 9.88. The fourth-order valence-corrected chi connectivity index (χ4v) is 1.52. The highest BCUT2D eigenvalue weighted by Crippen LogP contribution is 2.06. The highest BCUT2D eigenvalue weighted by molar-refractivity contribution is 5.72. The van der Waals surface area contributed by atoms with Gasteiger partial charge in [-0.05, 0) is 11.6 Å². The van der Waals surface area contributed by atoms with Crippen LogP contribution in [0.25, 0.3) is 5.65 Å². The van der Waals surface area contributed by atoms with Crippen LogP contribution < -0.4 is 10.6 Å². The molecule has 2 N–H and O–H groups in total. The van der Waals surface area contributed by atoms with Crippen molar-refractivity contribution in [3.63, 3.8) is 0 Å². The molecule has 2 aromatic rings. The summed E-state index contributed by atoms with van der Waals surface area (Å²) in [6, 6.07) is 1.84. The van der Waals surface area contributed by atoms with Gasteiger partial charge in [0.25, 0.3) is 0 Å². The number of nitrogens with one attached hydrogen (secondary N) is 2. The van der Waals surface area contributed by atoms with Crippen LogP contribution in [0.2, 0.25) is 0 Å². The summed E-state index contributed by atoms with van der Waals surface area (Å²) in [6.45, 7) is 2.26. The summed E-state index contributed by atoms with van der Waals surface area (Å²) in [4.78, 5) is 25.3. The molecule has 0 atom stereocenters. The summed E-state index contributed by atoms with van der Waals surface area (Å²) in [6.07, 6.45) is 4.04. The molecule has 7 nitrogen and oxygen atoms in total. The van der Waals surface area contributed by atoms with Gasteiger partial charge in [0.1, 0.15) is 0 Å². The van der Waals surface area contributed by atoms with Crippen molar-refractivity contribution < 1.29 is 9.59 Å². The van der Waals surface area contributed by atoms with Gasteiger partial charge in [0, 0.05) is 13.5 Å². The molecule has 0 saturated carbocycles. The first kappa shape index (κ1) is 12.0. The van der Waals surface area contributed by atoms with Crippen LogP contribution in [0.15, 0.2) is 18.5 Å². The summed E-state index contributed by atoms with van der Waals surface area (Å²) in [5, 5.41) is 9.41. The third kappa shape index (κ3) is 2.82. The molecule has 0 saturated heterocycles. The van der Waals surface area contributed by atoms with E-state index in [9.17, 15) is 9.59 Å². The number of hydrogen-bond acceptors (Lipinski definition) is 4. The van der Waals surface area contributed by atoms with Crippen molar-refractivity contribution in [1.82, 2.24) is 25.2 Å². The molecule has 0 bridgehead atoms. The number of carbonyl (C=O) groups is 2. The van der Waals surface area contributed by atoms with E-state index in [1.165, 1.54) is 6.92 Å². The van der Waals surface area contributed by atoms with E-state index in [0.29, 0.717) is 25.1 Å². The smallest absolute Gasteiger partial charge is 0.217 e. The third-order valence-electron chi connectivity index (χ3n) is 2.33. The maximum absolute atomic E-state index is 10.8. The number of nitrogens with zero attached hydrogens (tertiary/aromatic N) is 3. The molecule has 2 rings (SSSR count). The number of imidazole rings is 1. The lowest BCUT2D eigenvalue weighted by atomic mass is 10.3. The molecular weight excluding hydrogens is 234 g/mol. The molecule has 0 aromatic carbocycles. The fourth-order valence-electron chi connectivity index (χ4n) is 1.52. The first-order valence-electron chi connectivity index (χ1n) is 5.43. The van der Waals surface area contributed by atoms with Gasteiger partial charge in [-0.25, -0.2) is 9.50 Å². The average Bonchev–Trinajstić information content (AvgIpc) is 2.75. The molecule has 0 aliphatic carbocycles. The van der Waals surface area contributed by atoms with Crippen molar-refractivity contribution >= 4 is 18.0 Å². The lowest BCUT2D eigenvalue weighted by Gasteiger charge is -2.01. The van der Waals surface area contributed by atoms with Crippen LogP contribution in [-0.4, -0.2) is 26.9 Å². The maximum atomic E-state index is 10.8. The van der Waals surface area contributed by atoms with Crippen LogP contribution in [0.5, 0.6) is 0 Å². The van der Waals surface area contributed by atoms with Gasteiger partial charge in [-0.3, -0.25) is 9.59 Å². The Hall–Kier alpha value is -2.44. The van der Waals surface area contributed by atoms with Gasteiger partial charge in [-0.2, -0.15) is 5.10 Å². The first-order valence-corrected chi connectivity index (χ1v) is 5.43. The first-order chi connectivity index (χ1) is 8.69. The quantitative estimate of drug-likeness (QED) is 0.704. The number of carbonyl (C=O) groups excluding carboxylic acids is 2.